The van der Waals surface area contributed by atoms with Gasteiger partial charge in [0, 0.05) is 24.3 Å². The zero-order valence-electron chi connectivity index (χ0n) is 14.9. The summed E-state index contributed by atoms with van der Waals surface area (Å²) in [7, 11) is -3.62. The molecule has 1 amide bonds. The predicted octanol–water partition coefficient (Wildman–Crippen LogP) is 2.58. The topological polar surface area (TPSA) is 75.7 Å². The van der Waals surface area contributed by atoms with E-state index in [1.807, 2.05) is 19.1 Å². The smallest absolute Gasteiger partial charge is 0.255 e. The van der Waals surface area contributed by atoms with Crippen LogP contribution in [-0.4, -0.2) is 44.9 Å². The third kappa shape index (κ3) is 3.95. The first-order chi connectivity index (χ1) is 12.4. The Hall–Kier alpha value is -2.22. The van der Waals surface area contributed by atoms with E-state index in [4.69, 9.17) is 4.74 Å². The number of carbonyl (C=O) groups is 1. The molecule has 2 aromatic carbocycles. The summed E-state index contributed by atoms with van der Waals surface area (Å²) in [5, 5.41) is 2.78. The molecule has 0 radical (unpaired) electrons. The maximum atomic E-state index is 12.9. The second-order valence-electron chi connectivity index (χ2n) is 6.32. The van der Waals surface area contributed by atoms with E-state index in [0.29, 0.717) is 43.1 Å². The number of ether oxygens (including phenoxy) is 1. The molecule has 1 heterocycles. The van der Waals surface area contributed by atoms with E-state index in [1.54, 1.807) is 31.2 Å². The van der Waals surface area contributed by atoms with Crippen molar-refractivity contribution in [2.45, 2.75) is 18.7 Å². The monoisotopic (exact) mass is 374 g/mol. The van der Waals surface area contributed by atoms with Crippen LogP contribution >= 0.6 is 0 Å². The van der Waals surface area contributed by atoms with Gasteiger partial charge >= 0.3 is 0 Å². The highest BCUT2D eigenvalue weighted by Crippen LogP contribution is 2.24. The lowest BCUT2D eigenvalue weighted by atomic mass is 10.1. The number of anilines is 1. The zero-order valence-corrected chi connectivity index (χ0v) is 15.7. The van der Waals surface area contributed by atoms with Gasteiger partial charge in [0.1, 0.15) is 0 Å². The van der Waals surface area contributed by atoms with Crippen molar-refractivity contribution in [1.82, 2.24) is 4.31 Å². The molecule has 0 aromatic heterocycles. The van der Waals surface area contributed by atoms with Crippen LogP contribution in [0.3, 0.4) is 0 Å². The maximum absolute atomic E-state index is 12.9. The molecule has 138 valence electrons. The van der Waals surface area contributed by atoms with E-state index in [0.717, 1.165) is 5.56 Å². The fraction of sp³-hybridized carbons (Fsp3) is 0.316. The van der Waals surface area contributed by atoms with E-state index in [2.05, 4.69) is 5.32 Å². The Morgan fingerprint density at radius 3 is 2.50 bits per heavy atom. The number of nitrogens with zero attached hydrogens (tertiary/aromatic N) is 1. The van der Waals surface area contributed by atoms with Gasteiger partial charge in [-0.3, -0.25) is 4.79 Å². The molecule has 1 fully saturated rings. The minimum absolute atomic E-state index is 0.210. The largest absolute Gasteiger partial charge is 0.379 e. The standard InChI is InChI=1S/C19H22N2O4S/c1-14-4-3-5-16(12-14)19(22)20-17-7-6-15(2)18(13-17)26(23,24)21-8-10-25-11-9-21/h3-7,12-13H,8-11H2,1-2H3,(H,20,22). The molecule has 26 heavy (non-hydrogen) atoms. The second kappa shape index (κ2) is 7.57. The summed E-state index contributed by atoms with van der Waals surface area (Å²) in [5.41, 5.74) is 2.61. The number of amides is 1. The Bertz CT molecular complexity index is 919. The number of aryl methyl sites for hydroxylation is 2. The lowest BCUT2D eigenvalue weighted by molar-refractivity contribution is 0.0730. The average Bonchev–Trinajstić information content (AvgIpc) is 2.64. The maximum Gasteiger partial charge on any atom is 0.255 e. The molecule has 0 unspecified atom stereocenters. The highest BCUT2D eigenvalue weighted by Gasteiger charge is 2.28. The summed E-state index contributed by atoms with van der Waals surface area (Å²) in [6, 6.07) is 12.2. The third-order valence-corrected chi connectivity index (χ3v) is 6.35. The molecule has 7 heteroatoms. The third-order valence-electron chi connectivity index (χ3n) is 4.31. The summed E-state index contributed by atoms with van der Waals surface area (Å²) < 4.78 is 32.5. The molecule has 0 saturated carbocycles. The molecule has 1 aliphatic rings. The summed E-state index contributed by atoms with van der Waals surface area (Å²) >= 11 is 0. The molecule has 1 saturated heterocycles. The van der Waals surface area contributed by atoms with Crippen LogP contribution in [0.15, 0.2) is 47.4 Å². The molecule has 2 aromatic rings. The van der Waals surface area contributed by atoms with Crippen LogP contribution in [0.2, 0.25) is 0 Å². The van der Waals surface area contributed by atoms with Crippen LogP contribution < -0.4 is 5.32 Å². The quantitative estimate of drug-likeness (QED) is 0.892. The van der Waals surface area contributed by atoms with Gasteiger partial charge in [-0.15, -0.1) is 0 Å². The summed E-state index contributed by atoms with van der Waals surface area (Å²) in [4.78, 5) is 12.6. The van der Waals surface area contributed by atoms with Crippen LogP contribution in [0.4, 0.5) is 5.69 Å². The number of carbonyl (C=O) groups excluding carboxylic acids is 1. The van der Waals surface area contributed by atoms with E-state index in [1.165, 1.54) is 10.4 Å². The number of morpholine rings is 1. The number of benzene rings is 2. The molecule has 0 bridgehead atoms. The van der Waals surface area contributed by atoms with Crippen molar-refractivity contribution in [1.29, 1.82) is 0 Å². The first-order valence-electron chi connectivity index (χ1n) is 8.44. The molecular weight excluding hydrogens is 352 g/mol. The first-order valence-corrected chi connectivity index (χ1v) is 9.88. The molecule has 0 aliphatic carbocycles. The lowest BCUT2D eigenvalue weighted by Gasteiger charge is -2.26. The van der Waals surface area contributed by atoms with Crippen molar-refractivity contribution < 1.29 is 17.9 Å². The first kappa shape index (κ1) is 18.6. The molecule has 0 atom stereocenters. The molecule has 0 spiro atoms. The van der Waals surface area contributed by atoms with E-state index in [-0.39, 0.29) is 10.8 Å². The number of rotatable bonds is 4. The molecular formula is C19H22N2O4S. The Morgan fingerprint density at radius 1 is 1.08 bits per heavy atom. The molecule has 3 rings (SSSR count). The van der Waals surface area contributed by atoms with E-state index in [9.17, 15) is 13.2 Å². The molecule has 1 N–H and O–H groups in total. The SMILES string of the molecule is Cc1cccc(C(=O)Nc2ccc(C)c(S(=O)(=O)N3CCOCC3)c2)c1. The van der Waals surface area contributed by atoms with Gasteiger partial charge in [-0.25, -0.2) is 8.42 Å². The highest BCUT2D eigenvalue weighted by atomic mass is 32.2. The zero-order chi connectivity index (χ0) is 18.7. The van der Waals surface area contributed by atoms with Gasteiger partial charge < -0.3 is 10.1 Å². The fourth-order valence-corrected chi connectivity index (χ4v) is 4.53. The van der Waals surface area contributed by atoms with Gasteiger partial charge in [-0.1, -0.05) is 23.8 Å². The molecule has 1 aliphatic heterocycles. The molecule has 6 nitrogen and oxygen atoms in total. The minimum atomic E-state index is -3.62. The summed E-state index contributed by atoms with van der Waals surface area (Å²) in [6.45, 7) is 5.11. The van der Waals surface area contributed by atoms with Gasteiger partial charge in [0.2, 0.25) is 10.0 Å². The van der Waals surface area contributed by atoms with E-state index < -0.39 is 10.0 Å². The van der Waals surface area contributed by atoms with Crippen molar-refractivity contribution in [3.8, 4) is 0 Å². The fourth-order valence-electron chi connectivity index (χ4n) is 2.87. The van der Waals surface area contributed by atoms with Gasteiger partial charge in [0.25, 0.3) is 5.91 Å². The van der Waals surface area contributed by atoms with Crippen molar-refractivity contribution in [3.05, 3.63) is 59.2 Å². The number of nitrogens with one attached hydrogen (secondary N) is 1. The van der Waals surface area contributed by atoms with Gasteiger partial charge in [0.15, 0.2) is 0 Å². The number of hydrogen-bond acceptors (Lipinski definition) is 4. The van der Waals surface area contributed by atoms with Crippen molar-refractivity contribution in [3.63, 3.8) is 0 Å². The van der Waals surface area contributed by atoms with E-state index >= 15 is 0 Å². The van der Waals surface area contributed by atoms with Gasteiger partial charge in [-0.2, -0.15) is 4.31 Å². The van der Waals surface area contributed by atoms with Crippen molar-refractivity contribution in [2.75, 3.05) is 31.6 Å². The van der Waals surface area contributed by atoms with Crippen LogP contribution in [0, 0.1) is 13.8 Å². The predicted molar refractivity (Wildman–Crippen MR) is 99.9 cm³/mol. The summed E-state index contributed by atoms with van der Waals surface area (Å²) in [5.74, 6) is -0.271. The second-order valence-corrected chi connectivity index (χ2v) is 8.23. The van der Waals surface area contributed by atoms with Crippen LogP contribution in [0.5, 0.6) is 0 Å². The van der Waals surface area contributed by atoms with Crippen LogP contribution in [-0.2, 0) is 14.8 Å². The Balaban J connectivity index is 1.86. The average molecular weight is 374 g/mol. The Morgan fingerprint density at radius 2 is 1.81 bits per heavy atom. The minimum Gasteiger partial charge on any atom is -0.379 e. The van der Waals surface area contributed by atoms with Crippen molar-refractivity contribution in [2.24, 2.45) is 0 Å². The summed E-state index contributed by atoms with van der Waals surface area (Å²) in [6.07, 6.45) is 0. The van der Waals surface area contributed by atoms with Crippen LogP contribution in [0.1, 0.15) is 21.5 Å². The Kier molecular flexibility index (Phi) is 5.41. The van der Waals surface area contributed by atoms with Gasteiger partial charge in [0.05, 0.1) is 18.1 Å². The van der Waals surface area contributed by atoms with Gasteiger partial charge in [-0.05, 0) is 43.7 Å². The van der Waals surface area contributed by atoms with Crippen LogP contribution in [0.25, 0.3) is 0 Å². The lowest BCUT2D eigenvalue weighted by Crippen LogP contribution is -2.40. The normalized spacial score (nSPS) is 15.6. The number of sulfonamides is 1. The van der Waals surface area contributed by atoms with Crippen molar-refractivity contribution >= 4 is 21.6 Å². The Labute approximate surface area is 153 Å². The highest BCUT2D eigenvalue weighted by molar-refractivity contribution is 7.89. The number of hydrogen-bond donors (Lipinski definition) is 1.